The second-order valence-corrected chi connectivity index (χ2v) is 11.6. The van der Waals surface area contributed by atoms with Crippen LogP contribution in [0.5, 0.6) is 5.75 Å². The lowest BCUT2D eigenvalue weighted by atomic mass is 10.0. The van der Waals surface area contributed by atoms with Gasteiger partial charge in [0, 0.05) is 25.1 Å². The molecule has 0 fully saturated rings. The maximum atomic E-state index is 14.9. The van der Waals surface area contributed by atoms with E-state index in [0.717, 1.165) is 9.87 Å². The van der Waals surface area contributed by atoms with E-state index in [1.165, 1.54) is 54.5 Å². The summed E-state index contributed by atoms with van der Waals surface area (Å²) < 4.78 is 49.0. The molecular formula is C33H34FN3O5S. The second-order valence-electron chi connectivity index (χ2n) is 9.74. The van der Waals surface area contributed by atoms with Crippen molar-refractivity contribution in [2.45, 2.75) is 30.8 Å². The number of nitrogens with one attached hydrogen (secondary N) is 1. The maximum Gasteiger partial charge on any atom is 0.264 e. The van der Waals surface area contributed by atoms with Gasteiger partial charge in [-0.2, -0.15) is 0 Å². The Kier molecular flexibility index (Phi) is 10.5. The molecule has 0 bridgehead atoms. The van der Waals surface area contributed by atoms with E-state index in [0.29, 0.717) is 12.3 Å². The number of benzene rings is 4. The van der Waals surface area contributed by atoms with Crippen molar-refractivity contribution < 1.29 is 27.1 Å². The minimum absolute atomic E-state index is 0.0461. The molecule has 1 N–H and O–H groups in total. The number of carbonyl (C=O) groups is 2. The number of rotatable bonds is 13. The number of hydrogen-bond acceptors (Lipinski definition) is 5. The first-order chi connectivity index (χ1) is 20.7. The van der Waals surface area contributed by atoms with Crippen LogP contribution in [0.1, 0.15) is 18.1 Å². The van der Waals surface area contributed by atoms with Crippen molar-refractivity contribution in [1.82, 2.24) is 10.2 Å². The second kappa shape index (κ2) is 14.5. The third kappa shape index (κ3) is 7.78. The molecule has 8 nitrogen and oxygen atoms in total. The fourth-order valence-corrected chi connectivity index (χ4v) is 6.07. The van der Waals surface area contributed by atoms with Crippen LogP contribution < -0.4 is 14.4 Å². The van der Waals surface area contributed by atoms with Crippen LogP contribution in [0, 0.1) is 5.82 Å². The Bertz CT molecular complexity index is 1620. The van der Waals surface area contributed by atoms with E-state index >= 15 is 0 Å². The Morgan fingerprint density at radius 3 is 2.07 bits per heavy atom. The standard InChI is InChI=1S/C33H34FN3O5S/c1-3-35-33(39)31(22-25-12-6-4-7-13-25)36(23-26-14-10-11-17-30(26)34)32(38)24-37(27-15-8-5-9-16-27)43(40,41)29-20-18-28(42-2)19-21-29/h4-21,31H,3,22-24H2,1-2H3,(H,35,39)/t31-/m0/s1. The van der Waals surface area contributed by atoms with Crippen LogP contribution in [0.4, 0.5) is 10.1 Å². The van der Waals surface area contributed by atoms with Crippen LogP contribution in [0.3, 0.4) is 0 Å². The molecule has 2 amide bonds. The number of hydrogen-bond donors (Lipinski definition) is 1. The summed E-state index contributed by atoms with van der Waals surface area (Å²) in [5.41, 5.74) is 1.24. The van der Waals surface area contributed by atoms with E-state index in [1.807, 2.05) is 30.3 Å². The van der Waals surface area contributed by atoms with Gasteiger partial charge in [0.25, 0.3) is 10.0 Å². The molecule has 43 heavy (non-hydrogen) atoms. The zero-order chi connectivity index (χ0) is 30.8. The molecule has 0 radical (unpaired) electrons. The Labute approximate surface area is 251 Å². The molecule has 4 rings (SSSR count). The third-order valence-electron chi connectivity index (χ3n) is 6.89. The summed E-state index contributed by atoms with van der Waals surface area (Å²) in [7, 11) is -2.77. The molecular weight excluding hydrogens is 569 g/mol. The van der Waals surface area contributed by atoms with Gasteiger partial charge in [0.05, 0.1) is 17.7 Å². The smallest absolute Gasteiger partial charge is 0.264 e. The third-order valence-corrected chi connectivity index (χ3v) is 8.68. The number of anilines is 1. The molecule has 1 atom stereocenters. The average Bonchev–Trinajstić information content (AvgIpc) is 3.03. The van der Waals surface area contributed by atoms with Crippen LogP contribution in [0.25, 0.3) is 0 Å². The topological polar surface area (TPSA) is 96.0 Å². The lowest BCUT2D eigenvalue weighted by molar-refractivity contribution is -0.140. The Morgan fingerprint density at radius 1 is 0.860 bits per heavy atom. The molecule has 0 aliphatic carbocycles. The van der Waals surface area contributed by atoms with Gasteiger partial charge in [0.15, 0.2) is 0 Å². The Balaban J connectivity index is 1.78. The molecule has 0 aliphatic rings. The summed E-state index contributed by atoms with van der Waals surface area (Å²) >= 11 is 0. The normalized spacial score (nSPS) is 11.8. The fourth-order valence-electron chi connectivity index (χ4n) is 4.65. The molecule has 224 valence electrons. The molecule has 0 aliphatic heterocycles. The zero-order valence-corrected chi connectivity index (χ0v) is 24.8. The van der Waals surface area contributed by atoms with Crippen molar-refractivity contribution in [2.24, 2.45) is 0 Å². The predicted octanol–water partition coefficient (Wildman–Crippen LogP) is 4.81. The quantitative estimate of drug-likeness (QED) is 0.237. The van der Waals surface area contributed by atoms with E-state index in [-0.39, 0.29) is 29.1 Å². The molecule has 4 aromatic carbocycles. The van der Waals surface area contributed by atoms with Crippen LogP contribution >= 0.6 is 0 Å². The van der Waals surface area contributed by atoms with E-state index in [2.05, 4.69) is 5.32 Å². The maximum absolute atomic E-state index is 14.9. The fraction of sp³-hybridized carbons (Fsp3) is 0.212. The minimum Gasteiger partial charge on any atom is -0.497 e. The van der Waals surface area contributed by atoms with Crippen molar-refractivity contribution in [3.63, 3.8) is 0 Å². The van der Waals surface area contributed by atoms with E-state index in [4.69, 9.17) is 4.74 Å². The van der Waals surface area contributed by atoms with Gasteiger partial charge in [-0.3, -0.25) is 13.9 Å². The number of halogens is 1. The number of sulfonamides is 1. The van der Waals surface area contributed by atoms with Crippen molar-refractivity contribution in [1.29, 1.82) is 0 Å². The molecule has 10 heteroatoms. The zero-order valence-electron chi connectivity index (χ0n) is 24.0. The molecule has 0 saturated carbocycles. The van der Waals surface area contributed by atoms with E-state index in [1.54, 1.807) is 43.3 Å². The molecule has 0 unspecified atom stereocenters. The predicted molar refractivity (Wildman–Crippen MR) is 164 cm³/mol. The number of ether oxygens (including phenoxy) is 1. The summed E-state index contributed by atoms with van der Waals surface area (Å²) in [6.07, 6.45) is 0.142. The van der Waals surface area contributed by atoms with Crippen molar-refractivity contribution in [3.8, 4) is 5.75 Å². The highest BCUT2D eigenvalue weighted by Crippen LogP contribution is 2.26. The Hall–Kier alpha value is -4.70. The molecule has 4 aromatic rings. The van der Waals surface area contributed by atoms with E-state index < -0.39 is 40.2 Å². The minimum atomic E-state index is -4.25. The molecule has 0 heterocycles. The largest absolute Gasteiger partial charge is 0.497 e. The van der Waals surface area contributed by atoms with Crippen molar-refractivity contribution in [3.05, 3.63) is 126 Å². The van der Waals surface area contributed by atoms with Crippen LogP contribution in [-0.2, 0) is 32.6 Å². The van der Waals surface area contributed by atoms with Gasteiger partial charge in [-0.1, -0.05) is 66.7 Å². The summed E-state index contributed by atoms with van der Waals surface area (Å²) in [5, 5.41) is 2.78. The van der Waals surface area contributed by atoms with Gasteiger partial charge < -0.3 is 15.0 Å². The monoisotopic (exact) mass is 603 g/mol. The number of para-hydroxylation sites is 1. The first-order valence-electron chi connectivity index (χ1n) is 13.8. The number of amides is 2. The highest BCUT2D eigenvalue weighted by molar-refractivity contribution is 7.92. The van der Waals surface area contributed by atoms with E-state index in [9.17, 15) is 22.4 Å². The first kappa shape index (κ1) is 31.2. The van der Waals surface area contributed by atoms with Crippen LogP contribution in [0.2, 0.25) is 0 Å². The van der Waals surface area contributed by atoms with Crippen LogP contribution in [-0.4, -0.2) is 51.4 Å². The van der Waals surface area contributed by atoms with Gasteiger partial charge in [-0.15, -0.1) is 0 Å². The van der Waals surface area contributed by atoms with Crippen LogP contribution in [0.15, 0.2) is 114 Å². The summed E-state index contributed by atoms with van der Waals surface area (Å²) in [6.45, 7) is 1.20. The van der Waals surface area contributed by atoms with Gasteiger partial charge in [-0.25, -0.2) is 12.8 Å². The number of methoxy groups -OCH3 is 1. The summed E-state index contributed by atoms with van der Waals surface area (Å²) in [6, 6.07) is 28.2. The lowest BCUT2D eigenvalue weighted by Gasteiger charge is -2.33. The van der Waals surface area contributed by atoms with Gasteiger partial charge in [0.2, 0.25) is 11.8 Å². The van der Waals surface area contributed by atoms with Crippen molar-refractivity contribution >= 4 is 27.5 Å². The van der Waals surface area contributed by atoms with Gasteiger partial charge >= 0.3 is 0 Å². The van der Waals surface area contributed by atoms with Gasteiger partial charge in [-0.05, 0) is 55.0 Å². The summed E-state index contributed by atoms with van der Waals surface area (Å²) in [5.74, 6) is -1.17. The first-order valence-corrected chi connectivity index (χ1v) is 15.2. The lowest BCUT2D eigenvalue weighted by Crippen LogP contribution is -2.53. The number of likely N-dealkylation sites (N-methyl/N-ethyl adjacent to an activating group) is 1. The number of carbonyl (C=O) groups excluding carboxylic acids is 2. The SMILES string of the molecule is CCNC(=O)[C@H](Cc1ccccc1)N(Cc1ccccc1F)C(=O)CN(c1ccccc1)S(=O)(=O)c1ccc(OC)cc1. The highest BCUT2D eigenvalue weighted by Gasteiger charge is 2.34. The van der Waals surface area contributed by atoms with Crippen molar-refractivity contribution in [2.75, 3.05) is 24.5 Å². The average molecular weight is 604 g/mol. The van der Waals surface area contributed by atoms with Gasteiger partial charge in [0.1, 0.15) is 24.2 Å². The highest BCUT2D eigenvalue weighted by atomic mass is 32.2. The molecule has 0 aromatic heterocycles. The molecule has 0 saturated heterocycles. The summed E-state index contributed by atoms with van der Waals surface area (Å²) in [4.78, 5) is 28.9. The Morgan fingerprint density at radius 2 is 1.47 bits per heavy atom. The number of nitrogens with zero attached hydrogens (tertiary/aromatic N) is 2. The molecule has 0 spiro atoms.